The van der Waals surface area contributed by atoms with Crippen LogP contribution in [-0.4, -0.2) is 21.0 Å². The van der Waals surface area contributed by atoms with Gasteiger partial charge in [0.2, 0.25) is 5.76 Å². The predicted molar refractivity (Wildman–Crippen MR) is 75.1 cm³/mol. The zero-order valence-electron chi connectivity index (χ0n) is 11.1. The van der Waals surface area contributed by atoms with Crippen LogP contribution in [0.3, 0.4) is 0 Å². The van der Waals surface area contributed by atoms with Crippen LogP contribution < -0.4 is 5.32 Å². The third kappa shape index (κ3) is 2.94. The normalized spacial score (nSPS) is 10.3. The molecule has 0 aromatic carbocycles. The first kappa shape index (κ1) is 13.0. The van der Waals surface area contributed by atoms with E-state index in [0.29, 0.717) is 6.54 Å². The molecule has 3 rings (SSSR count). The summed E-state index contributed by atoms with van der Waals surface area (Å²) >= 11 is 0. The molecule has 6 nitrogen and oxygen atoms in total. The van der Waals surface area contributed by atoms with Crippen molar-refractivity contribution in [2.45, 2.75) is 6.54 Å². The van der Waals surface area contributed by atoms with Crippen LogP contribution in [-0.2, 0) is 6.54 Å². The Balaban J connectivity index is 1.79. The Hall–Kier alpha value is -3.02. The van der Waals surface area contributed by atoms with Gasteiger partial charge >= 0.3 is 0 Å². The maximum absolute atomic E-state index is 11.9. The lowest BCUT2D eigenvalue weighted by molar-refractivity contribution is 0.0914. The van der Waals surface area contributed by atoms with E-state index in [-0.39, 0.29) is 11.7 Å². The second-order valence-electron chi connectivity index (χ2n) is 4.31. The maximum atomic E-state index is 11.9. The van der Waals surface area contributed by atoms with Crippen molar-refractivity contribution < 1.29 is 9.32 Å². The second-order valence-corrected chi connectivity index (χ2v) is 4.31. The molecule has 21 heavy (non-hydrogen) atoms. The number of hydrogen-bond acceptors (Lipinski definition) is 5. The monoisotopic (exact) mass is 280 g/mol. The van der Waals surface area contributed by atoms with E-state index >= 15 is 0 Å². The number of pyridine rings is 2. The largest absolute Gasteiger partial charge is 0.351 e. The molecule has 0 aliphatic heterocycles. The molecule has 0 radical (unpaired) electrons. The quantitative estimate of drug-likeness (QED) is 0.791. The first-order valence-electron chi connectivity index (χ1n) is 6.38. The van der Waals surface area contributed by atoms with Crippen LogP contribution >= 0.6 is 0 Å². The highest BCUT2D eigenvalue weighted by Gasteiger charge is 2.11. The number of carbonyl (C=O) groups excluding carboxylic acids is 1. The highest BCUT2D eigenvalue weighted by molar-refractivity contribution is 5.91. The summed E-state index contributed by atoms with van der Waals surface area (Å²) < 4.78 is 4.81. The van der Waals surface area contributed by atoms with Crippen molar-refractivity contribution in [2.75, 3.05) is 0 Å². The molecule has 0 aliphatic carbocycles. The fourth-order valence-corrected chi connectivity index (χ4v) is 1.95. The van der Waals surface area contributed by atoms with Crippen LogP contribution in [0.2, 0.25) is 0 Å². The Bertz CT molecular complexity index is 726. The van der Waals surface area contributed by atoms with E-state index in [9.17, 15) is 4.79 Å². The van der Waals surface area contributed by atoms with E-state index in [2.05, 4.69) is 20.4 Å². The molecule has 0 atom stereocenters. The van der Waals surface area contributed by atoms with Gasteiger partial charge in [0.25, 0.3) is 5.91 Å². The van der Waals surface area contributed by atoms with E-state index in [0.717, 1.165) is 16.8 Å². The van der Waals surface area contributed by atoms with Gasteiger partial charge in [-0.1, -0.05) is 11.2 Å². The summed E-state index contributed by atoms with van der Waals surface area (Å²) in [4.78, 5) is 20.2. The maximum Gasteiger partial charge on any atom is 0.290 e. The van der Waals surface area contributed by atoms with Crippen LogP contribution in [0.4, 0.5) is 0 Å². The molecule has 3 heterocycles. The molecule has 0 saturated carbocycles. The average Bonchev–Trinajstić information content (AvgIpc) is 3.08. The lowest BCUT2D eigenvalue weighted by Crippen LogP contribution is -2.22. The van der Waals surface area contributed by atoms with Gasteiger partial charge in [-0.25, -0.2) is 0 Å². The summed E-state index contributed by atoms with van der Waals surface area (Å²) in [5.74, 6) is -0.124. The molecular formula is C15H12N4O2. The number of nitrogens with zero attached hydrogens (tertiary/aromatic N) is 3. The van der Waals surface area contributed by atoms with Crippen LogP contribution in [0.1, 0.15) is 16.1 Å². The van der Waals surface area contributed by atoms with Gasteiger partial charge in [0, 0.05) is 36.8 Å². The summed E-state index contributed by atoms with van der Waals surface area (Å²) in [5.41, 5.74) is 2.68. The van der Waals surface area contributed by atoms with Gasteiger partial charge < -0.3 is 9.84 Å². The number of hydrogen-bond donors (Lipinski definition) is 1. The smallest absolute Gasteiger partial charge is 0.290 e. The van der Waals surface area contributed by atoms with E-state index in [1.54, 1.807) is 18.6 Å². The molecule has 3 aromatic rings. The zero-order valence-corrected chi connectivity index (χ0v) is 11.1. The number of amides is 1. The van der Waals surface area contributed by atoms with Crippen molar-refractivity contribution in [3.8, 4) is 11.3 Å². The Morgan fingerprint density at radius 3 is 2.71 bits per heavy atom. The molecule has 3 aromatic heterocycles. The van der Waals surface area contributed by atoms with Crippen molar-refractivity contribution in [3.63, 3.8) is 0 Å². The van der Waals surface area contributed by atoms with E-state index in [1.807, 2.05) is 24.3 Å². The van der Waals surface area contributed by atoms with Crippen molar-refractivity contribution in [1.82, 2.24) is 20.4 Å². The van der Waals surface area contributed by atoms with E-state index in [1.165, 1.54) is 12.3 Å². The minimum Gasteiger partial charge on any atom is -0.351 e. The highest BCUT2D eigenvalue weighted by Crippen LogP contribution is 2.20. The first-order chi connectivity index (χ1) is 10.3. The average molecular weight is 280 g/mol. The number of nitrogens with one attached hydrogen (secondary N) is 1. The third-order valence-electron chi connectivity index (χ3n) is 2.95. The summed E-state index contributed by atoms with van der Waals surface area (Å²) in [5, 5.41) is 6.29. The summed E-state index contributed by atoms with van der Waals surface area (Å²) in [6, 6.07) is 9.03. The highest BCUT2D eigenvalue weighted by atomic mass is 16.5. The summed E-state index contributed by atoms with van der Waals surface area (Å²) in [6.45, 7) is 0.352. The van der Waals surface area contributed by atoms with Gasteiger partial charge in [0.1, 0.15) is 0 Å². The molecule has 0 spiro atoms. The molecule has 0 saturated heterocycles. The first-order valence-corrected chi connectivity index (χ1v) is 6.38. The summed E-state index contributed by atoms with van der Waals surface area (Å²) in [7, 11) is 0. The third-order valence-corrected chi connectivity index (χ3v) is 2.95. The molecular weight excluding hydrogens is 268 g/mol. The van der Waals surface area contributed by atoms with Gasteiger partial charge in [-0.2, -0.15) is 0 Å². The van der Waals surface area contributed by atoms with E-state index in [4.69, 9.17) is 4.52 Å². The summed E-state index contributed by atoms with van der Waals surface area (Å²) in [6.07, 6.45) is 6.57. The second kappa shape index (κ2) is 5.96. The molecule has 0 fully saturated rings. The van der Waals surface area contributed by atoms with Gasteiger partial charge in [-0.05, 0) is 23.8 Å². The zero-order chi connectivity index (χ0) is 14.5. The van der Waals surface area contributed by atoms with Crippen LogP contribution in [0.15, 0.2) is 59.6 Å². The minimum absolute atomic E-state index is 0.185. The lowest BCUT2D eigenvalue weighted by Gasteiger charge is -2.09. The van der Waals surface area contributed by atoms with Crippen LogP contribution in [0.25, 0.3) is 11.3 Å². The number of rotatable bonds is 4. The fourth-order valence-electron chi connectivity index (χ4n) is 1.95. The SMILES string of the molecule is O=C(NCc1cccnc1-c1ccncc1)c1ccno1. The number of aromatic nitrogens is 3. The Labute approximate surface area is 120 Å². The Morgan fingerprint density at radius 1 is 1.10 bits per heavy atom. The minimum atomic E-state index is -0.308. The standard InChI is InChI=1S/C15H12N4O2/c20-15(13-5-9-19-21-13)18-10-12-2-1-6-17-14(12)11-3-7-16-8-4-11/h1-9H,10H2,(H,18,20). The molecule has 6 heteroatoms. The van der Waals surface area contributed by atoms with Gasteiger partial charge in [0.05, 0.1) is 11.9 Å². The predicted octanol–water partition coefficient (Wildman–Crippen LogP) is 2.06. The molecule has 0 aliphatic rings. The van der Waals surface area contributed by atoms with Crippen LogP contribution in [0.5, 0.6) is 0 Å². The van der Waals surface area contributed by atoms with Crippen molar-refractivity contribution in [1.29, 1.82) is 0 Å². The van der Waals surface area contributed by atoms with Gasteiger partial charge in [-0.3, -0.25) is 14.8 Å². The van der Waals surface area contributed by atoms with E-state index < -0.39 is 0 Å². The molecule has 104 valence electrons. The molecule has 1 amide bonds. The Morgan fingerprint density at radius 2 is 1.95 bits per heavy atom. The van der Waals surface area contributed by atoms with Gasteiger partial charge in [0.15, 0.2) is 0 Å². The van der Waals surface area contributed by atoms with Crippen LogP contribution in [0, 0.1) is 0 Å². The molecule has 1 N–H and O–H groups in total. The fraction of sp³-hybridized carbons (Fsp3) is 0.0667. The number of carbonyl (C=O) groups is 1. The van der Waals surface area contributed by atoms with Crippen molar-refractivity contribution in [2.24, 2.45) is 0 Å². The topological polar surface area (TPSA) is 80.9 Å². The lowest BCUT2D eigenvalue weighted by atomic mass is 10.1. The molecule has 0 unspecified atom stereocenters. The Kier molecular flexibility index (Phi) is 3.68. The van der Waals surface area contributed by atoms with Crippen molar-refractivity contribution in [3.05, 3.63) is 66.4 Å². The van der Waals surface area contributed by atoms with Crippen molar-refractivity contribution >= 4 is 5.91 Å². The molecule has 0 bridgehead atoms. The van der Waals surface area contributed by atoms with Gasteiger partial charge in [-0.15, -0.1) is 0 Å².